The maximum absolute atomic E-state index is 12.7. The van der Waals surface area contributed by atoms with Gasteiger partial charge in [0.15, 0.2) is 0 Å². The maximum Gasteiger partial charge on any atom is 0.246 e. The molecule has 0 aliphatic carbocycles. The molecule has 0 saturated carbocycles. The van der Waals surface area contributed by atoms with Gasteiger partial charge in [0.05, 0.1) is 17.4 Å². The Labute approximate surface area is 166 Å². The quantitative estimate of drug-likeness (QED) is 0.558. The minimum Gasteiger partial charge on any atom is -0.323 e. The zero-order valence-electron chi connectivity index (χ0n) is 14.9. The van der Waals surface area contributed by atoms with E-state index in [-0.39, 0.29) is 17.9 Å². The summed E-state index contributed by atoms with van der Waals surface area (Å²) in [5.41, 5.74) is 1.22. The molecule has 1 aromatic heterocycles. The molecule has 1 heterocycles. The minimum absolute atomic E-state index is 0.0190. The number of hydrogen-bond donors (Lipinski definition) is 1. The number of fused-ring (bicyclic) bond motifs is 1. The van der Waals surface area contributed by atoms with E-state index in [2.05, 4.69) is 10.4 Å². The Morgan fingerprint density at radius 2 is 1.64 bits per heavy atom. The van der Waals surface area contributed by atoms with Crippen molar-refractivity contribution in [3.05, 3.63) is 95.3 Å². The zero-order valence-corrected chi connectivity index (χ0v) is 15.7. The molecule has 0 fully saturated rings. The smallest absolute Gasteiger partial charge is 0.246 e. The van der Waals surface area contributed by atoms with Crippen molar-refractivity contribution in [1.82, 2.24) is 9.78 Å². The van der Waals surface area contributed by atoms with Gasteiger partial charge in [0.25, 0.3) is 0 Å². The number of nitrogens with one attached hydrogen (secondary N) is 1. The molecule has 0 radical (unpaired) electrons. The first-order valence-electron chi connectivity index (χ1n) is 8.77. The number of carbonyl (C=O) groups excluding carboxylic acids is 1. The number of para-hydroxylation sites is 2. The van der Waals surface area contributed by atoms with Crippen molar-refractivity contribution in [1.29, 1.82) is 0 Å². The molecule has 0 atom stereocenters. The van der Waals surface area contributed by atoms with Gasteiger partial charge in [-0.3, -0.25) is 14.3 Å². The van der Waals surface area contributed by atoms with Crippen molar-refractivity contribution < 1.29 is 4.79 Å². The van der Waals surface area contributed by atoms with E-state index in [0.29, 0.717) is 10.9 Å². The number of anilines is 1. The van der Waals surface area contributed by atoms with Crippen molar-refractivity contribution in [2.75, 3.05) is 5.32 Å². The fourth-order valence-corrected chi connectivity index (χ4v) is 3.81. The summed E-state index contributed by atoms with van der Waals surface area (Å²) in [6.07, 6.45) is 1.24. The lowest BCUT2D eigenvalue weighted by Crippen LogP contribution is -2.22. The monoisotopic (exact) mass is 387 g/mol. The highest BCUT2D eigenvalue weighted by atomic mass is 32.2. The largest absolute Gasteiger partial charge is 0.323 e. The van der Waals surface area contributed by atoms with E-state index in [1.165, 1.54) is 6.20 Å². The summed E-state index contributed by atoms with van der Waals surface area (Å²) in [4.78, 5) is 26.7. The molecule has 4 aromatic rings. The third kappa shape index (κ3) is 3.97. The number of hydrogen-bond acceptors (Lipinski definition) is 4. The Balaban J connectivity index is 1.55. The summed E-state index contributed by atoms with van der Waals surface area (Å²) in [5, 5.41) is 7.62. The van der Waals surface area contributed by atoms with Crippen LogP contribution >= 0.6 is 11.8 Å². The topological polar surface area (TPSA) is 64.0 Å². The van der Waals surface area contributed by atoms with Crippen LogP contribution in [0.1, 0.15) is 0 Å². The van der Waals surface area contributed by atoms with Crippen LogP contribution in [0.4, 0.5) is 5.69 Å². The van der Waals surface area contributed by atoms with Crippen LogP contribution < -0.4 is 10.7 Å². The van der Waals surface area contributed by atoms with Gasteiger partial charge in [-0.05, 0) is 36.4 Å². The van der Waals surface area contributed by atoms with E-state index < -0.39 is 0 Å². The highest BCUT2D eigenvalue weighted by molar-refractivity contribution is 7.99. The van der Waals surface area contributed by atoms with E-state index in [1.54, 1.807) is 34.6 Å². The van der Waals surface area contributed by atoms with E-state index in [4.69, 9.17) is 0 Å². The van der Waals surface area contributed by atoms with Gasteiger partial charge < -0.3 is 5.32 Å². The summed E-state index contributed by atoms with van der Waals surface area (Å²) in [6, 6.07) is 24.8. The van der Waals surface area contributed by atoms with Gasteiger partial charge in [0, 0.05) is 15.2 Å². The highest BCUT2D eigenvalue weighted by Crippen LogP contribution is 2.33. The standard InChI is InChI=1S/C22H17N3O2S/c26-20-14-23-25(19-12-6-4-10-17(19)20)15-22(27)24-18-11-5-7-13-21(18)28-16-8-2-1-3-9-16/h1-14H,15H2,(H,24,27). The number of nitrogens with zero attached hydrogens (tertiary/aromatic N) is 2. The minimum atomic E-state index is -0.206. The van der Waals surface area contributed by atoms with Crippen molar-refractivity contribution in [2.45, 2.75) is 16.3 Å². The van der Waals surface area contributed by atoms with Crippen molar-refractivity contribution in [3.63, 3.8) is 0 Å². The molecule has 5 nitrogen and oxygen atoms in total. The molecule has 0 unspecified atom stereocenters. The number of amides is 1. The molecule has 0 aliphatic rings. The van der Waals surface area contributed by atoms with E-state index >= 15 is 0 Å². The summed E-state index contributed by atoms with van der Waals surface area (Å²) >= 11 is 1.59. The predicted molar refractivity (Wildman–Crippen MR) is 112 cm³/mol. The maximum atomic E-state index is 12.7. The van der Waals surface area contributed by atoms with E-state index in [9.17, 15) is 9.59 Å². The van der Waals surface area contributed by atoms with Gasteiger partial charge in [0.2, 0.25) is 11.3 Å². The molecule has 28 heavy (non-hydrogen) atoms. The predicted octanol–water partition coefficient (Wildman–Crippen LogP) is 4.19. The van der Waals surface area contributed by atoms with E-state index in [1.807, 2.05) is 60.7 Å². The Hall–Kier alpha value is -3.38. The lowest BCUT2D eigenvalue weighted by Gasteiger charge is -2.12. The molecule has 0 saturated heterocycles. The van der Waals surface area contributed by atoms with Crippen LogP contribution in [0.15, 0.2) is 99.6 Å². The fraction of sp³-hybridized carbons (Fsp3) is 0.0455. The Bertz CT molecular complexity index is 1190. The molecular weight excluding hydrogens is 370 g/mol. The van der Waals surface area contributed by atoms with Crippen molar-refractivity contribution >= 4 is 34.3 Å². The zero-order chi connectivity index (χ0) is 19.3. The summed E-state index contributed by atoms with van der Waals surface area (Å²) in [6.45, 7) is 0.0190. The fourth-order valence-electron chi connectivity index (χ4n) is 2.89. The lowest BCUT2D eigenvalue weighted by molar-refractivity contribution is -0.116. The van der Waals surface area contributed by atoms with Gasteiger partial charge >= 0.3 is 0 Å². The molecule has 138 valence electrons. The number of aromatic nitrogens is 2. The van der Waals surface area contributed by atoms with E-state index in [0.717, 1.165) is 15.5 Å². The van der Waals surface area contributed by atoms with Crippen molar-refractivity contribution in [2.24, 2.45) is 0 Å². The van der Waals surface area contributed by atoms with Crippen LogP contribution in [0.3, 0.4) is 0 Å². The molecule has 4 rings (SSSR count). The molecule has 0 bridgehead atoms. The summed E-state index contributed by atoms with van der Waals surface area (Å²) in [7, 11) is 0. The van der Waals surface area contributed by atoms with Gasteiger partial charge in [-0.2, -0.15) is 5.10 Å². The average Bonchev–Trinajstić information content (AvgIpc) is 2.73. The molecule has 1 N–H and O–H groups in total. The van der Waals surface area contributed by atoms with Crippen LogP contribution in [-0.2, 0) is 11.3 Å². The molecule has 0 spiro atoms. The van der Waals surface area contributed by atoms with Gasteiger partial charge in [0.1, 0.15) is 6.54 Å². The Kier molecular flexibility index (Phi) is 5.21. The number of benzene rings is 3. The molecule has 0 aliphatic heterocycles. The second-order valence-corrected chi connectivity index (χ2v) is 7.26. The second kappa shape index (κ2) is 8.10. The first-order chi connectivity index (χ1) is 13.7. The van der Waals surface area contributed by atoms with Crippen LogP contribution in [0.25, 0.3) is 10.9 Å². The SMILES string of the molecule is O=C(Cn1ncc(=O)c2ccccc21)Nc1ccccc1Sc1ccccc1. The van der Waals surface area contributed by atoms with Crippen LogP contribution in [0.2, 0.25) is 0 Å². The lowest BCUT2D eigenvalue weighted by atomic mass is 10.2. The molecule has 6 heteroatoms. The van der Waals surface area contributed by atoms with Gasteiger partial charge in [-0.25, -0.2) is 0 Å². The average molecular weight is 387 g/mol. The summed E-state index contributed by atoms with van der Waals surface area (Å²) < 4.78 is 1.54. The van der Waals surface area contributed by atoms with Crippen LogP contribution in [0.5, 0.6) is 0 Å². The van der Waals surface area contributed by atoms with Gasteiger partial charge in [-0.15, -0.1) is 0 Å². The normalized spacial score (nSPS) is 10.7. The number of carbonyl (C=O) groups is 1. The van der Waals surface area contributed by atoms with Gasteiger partial charge in [-0.1, -0.05) is 54.2 Å². The van der Waals surface area contributed by atoms with Crippen LogP contribution in [0, 0.1) is 0 Å². The van der Waals surface area contributed by atoms with Crippen LogP contribution in [-0.4, -0.2) is 15.7 Å². The molecule has 1 amide bonds. The Morgan fingerprint density at radius 3 is 2.50 bits per heavy atom. The Morgan fingerprint density at radius 1 is 0.929 bits per heavy atom. The summed E-state index contributed by atoms with van der Waals surface area (Å²) in [5.74, 6) is -0.206. The first kappa shape index (κ1) is 18.0. The third-order valence-corrected chi connectivity index (χ3v) is 5.27. The first-order valence-corrected chi connectivity index (χ1v) is 9.59. The molecular formula is C22H17N3O2S. The molecule has 3 aromatic carbocycles. The second-order valence-electron chi connectivity index (χ2n) is 6.14. The highest BCUT2D eigenvalue weighted by Gasteiger charge is 2.11. The van der Waals surface area contributed by atoms with Crippen molar-refractivity contribution in [3.8, 4) is 0 Å². The number of rotatable bonds is 5. The third-order valence-electron chi connectivity index (χ3n) is 4.19.